The average Bonchev–Trinajstić information content (AvgIpc) is 3.06. The lowest BCUT2D eigenvalue weighted by atomic mass is 9.90. The number of aromatic nitrogens is 1. The number of amides is 1. The molecule has 0 aliphatic carbocycles. The maximum atomic E-state index is 11.4. The maximum Gasteiger partial charge on any atom is 0.275 e. The number of fused-ring (bicyclic) bond motifs is 1. The van der Waals surface area contributed by atoms with Gasteiger partial charge in [0.1, 0.15) is 0 Å². The molecule has 5 heteroatoms. The summed E-state index contributed by atoms with van der Waals surface area (Å²) in [5, 5.41) is 3.24. The molecule has 136 valence electrons. The molecule has 2 atom stereocenters. The molecule has 0 aliphatic heterocycles. The highest BCUT2D eigenvalue weighted by atomic mass is 16.1. The first-order valence-electron chi connectivity index (χ1n) is 8.93. The number of benzene rings is 2. The van der Waals surface area contributed by atoms with Crippen LogP contribution in [0.4, 0.5) is 5.69 Å². The van der Waals surface area contributed by atoms with Gasteiger partial charge in [-0.25, -0.2) is 0 Å². The largest absolute Gasteiger partial charge is 0.378 e. The smallest absolute Gasteiger partial charge is 0.275 e. The van der Waals surface area contributed by atoms with Gasteiger partial charge in [-0.3, -0.25) is 4.79 Å². The van der Waals surface area contributed by atoms with Crippen LogP contribution in [0.3, 0.4) is 0 Å². The first kappa shape index (κ1) is 18.0. The Labute approximate surface area is 154 Å². The van der Waals surface area contributed by atoms with Crippen molar-refractivity contribution in [1.29, 1.82) is 0 Å². The van der Waals surface area contributed by atoms with Crippen LogP contribution in [0.5, 0.6) is 0 Å². The zero-order valence-corrected chi connectivity index (χ0v) is 15.6. The van der Waals surface area contributed by atoms with E-state index in [2.05, 4.69) is 58.5 Å². The predicted octanol–water partition coefficient (Wildman–Crippen LogP) is 1.80. The van der Waals surface area contributed by atoms with E-state index in [9.17, 15) is 4.79 Å². The molecule has 0 aliphatic rings. The molecule has 5 N–H and O–H groups in total. The van der Waals surface area contributed by atoms with E-state index in [1.54, 1.807) is 0 Å². The van der Waals surface area contributed by atoms with Crippen LogP contribution in [-0.4, -0.2) is 37.6 Å². The number of nitrogens with zero attached hydrogens (tertiary/aromatic N) is 1. The second kappa shape index (κ2) is 7.62. The van der Waals surface area contributed by atoms with E-state index in [4.69, 9.17) is 5.73 Å². The molecule has 5 nitrogen and oxygen atoms in total. The molecule has 0 fully saturated rings. The fourth-order valence-electron chi connectivity index (χ4n) is 3.29. The number of H-pyrrole nitrogens is 1. The number of quaternary nitrogens is 1. The summed E-state index contributed by atoms with van der Waals surface area (Å²) in [5.41, 5.74) is 10.2. The van der Waals surface area contributed by atoms with Gasteiger partial charge < -0.3 is 20.9 Å². The van der Waals surface area contributed by atoms with Gasteiger partial charge in [0.25, 0.3) is 5.91 Å². The van der Waals surface area contributed by atoms with Crippen LogP contribution in [0.1, 0.15) is 24.0 Å². The number of carbonyl (C=O) groups excluding carboxylic acids is 1. The number of carbonyl (C=O) groups is 1. The molecule has 0 bridgehead atoms. The summed E-state index contributed by atoms with van der Waals surface area (Å²) >= 11 is 0. The number of hydrogen-bond acceptors (Lipinski definition) is 2. The third-order valence-electron chi connectivity index (χ3n) is 4.98. The third-order valence-corrected chi connectivity index (χ3v) is 4.98. The van der Waals surface area contributed by atoms with Gasteiger partial charge >= 0.3 is 0 Å². The topological polar surface area (TPSA) is 78.7 Å². The van der Waals surface area contributed by atoms with Gasteiger partial charge in [-0.2, -0.15) is 0 Å². The summed E-state index contributed by atoms with van der Waals surface area (Å²) in [6.07, 6.45) is 2.08. The molecule has 26 heavy (non-hydrogen) atoms. The molecule has 2 aromatic carbocycles. The Balaban J connectivity index is 1.97. The normalized spacial score (nSPS) is 13.5. The second-order valence-corrected chi connectivity index (χ2v) is 6.99. The van der Waals surface area contributed by atoms with E-state index in [0.717, 1.165) is 12.1 Å². The van der Waals surface area contributed by atoms with Crippen molar-refractivity contribution >= 4 is 22.5 Å². The maximum absolute atomic E-state index is 11.4. The number of primary amides is 1. The minimum Gasteiger partial charge on any atom is -0.378 e. The van der Waals surface area contributed by atoms with Crippen LogP contribution in [0, 0.1) is 0 Å². The highest BCUT2D eigenvalue weighted by molar-refractivity contribution is 5.84. The Morgan fingerprint density at radius 1 is 1.15 bits per heavy atom. The summed E-state index contributed by atoms with van der Waals surface area (Å²) in [5.74, 6) is -0.116. The lowest BCUT2D eigenvalue weighted by Crippen LogP contribution is -2.92. The Hall–Kier alpha value is -2.79. The van der Waals surface area contributed by atoms with E-state index in [-0.39, 0.29) is 17.9 Å². The zero-order chi connectivity index (χ0) is 18.7. The molecule has 0 unspecified atom stereocenters. The van der Waals surface area contributed by atoms with E-state index in [1.165, 1.54) is 22.2 Å². The van der Waals surface area contributed by atoms with Gasteiger partial charge in [0, 0.05) is 36.9 Å². The quantitative estimate of drug-likeness (QED) is 0.607. The average molecular weight is 351 g/mol. The molecule has 1 heterocycles. The molecule has 3 rings (SSSR count). The molecule has 3 aromatic rings. The van der Waals surface area contributed by atoms with Crippen molar-refractivity contribution in [3.05, 3.63) is 65.9 Å². The fourth-order valence-corrected chi connectivity index (χ4v) is 3.29. The van der Waals surface area contributed by atoms with E-state index < -0.39 is 0 Å². The Kier molecular flexibility index (Phi) is 5.28. The second-order valence-electron chi connectivity index (χ2n) is 6.99. The molecule has 0 saturated carbocycles. The number of aromatic amines is 1. The van der Waals surface area contributed by atoms with Crippen LogP contribution in [0.25, 0.3) is 10.9 Å². The molecule has 1 amide bonds. The molecule has 0 saturated heterocycles. The van der Waals surface area contributed by atoms with Gasteiger partial charge in [-0.15, -0.1) is 0 Å². The molecule has 1 aromatic heterocycles. The third kappa shape index (κ3) is 3.73. The summed E-state index contributed by atoms with van der Waals surface area (Å²) in [6, 6.07) is 16.7. The van der Waals surface area contributed by atoms with Crippen molar-refractivity contribution in [2.45, 2.75) is 18.9 Å². The Morgan fingerprint density at radius 2 is 1.85 bits per heavy atom. The SMILES string of the molecule is C[C@H]([NH2+]C[C@@H](c1ccc(N(C)C)cc1)c1c[nH]c2ccccc12)C(N)=O. The number of nitrogens with one attached hydrogen (secondary N) is 1. The lowest BCUT2D eigenvalue weighted by Gasteiger charge is -2.19. The number of rotatable bonds is 7. The molecular weight excluding hydrogens is 324 g/mol. The van der Waals surface area contributed by atoms with Crippen LogP contribution < -0.4 is 16.0 Å². The zero-order valence-electron chi connectivity index (χ0n) is 15.6. The summed E-state index contributed by atoms with van der Waals surface area (Å²) < 4.78 is 0. The number of hydrogen-bond donors (Lipinski definition) is 3. The highest BCUT2D eigenvalue weighted by Crippen LogP contribution is 2.30. The first-order valence-corrected chi connectivity index (χ1v) is 8.93. The monoisotopic (exact) mass is 351 g/mol. The summed E-state index contributed by atoms with van der Waals surface area (Å²) in [4.78, 5) is 16.9. The van der Waals surface area contributed by atoms with Crippen LogP contribution in [0.2, 0.25) is 0 Å². The minimum atomic E-state index is -0.286. The van der Waals surface area contributed by atoms with E-state index in [0.29, 0.717) is 0 Å². The highest BCUT2D eigenvalue weighted by Gasteiger charge is 2.22. The van der Waals surface area contributed by atoms with Gasteiger partial charge in [0.15, 0.2) is 6.04 Å². The minimum absolute atomic E-state index is 0.171. The van der Waals surface area contributed by atoms with Crippen molar-refractivity contribution in [1.82, 2.24) is 4.98 Å². The summed E-state index contributed by atoms with van der Waals surface area (Å²) in [6.45, 7) is 2.61. The van der Waals surface area contributed by atoms with Crippen molar-refractivity contribution < 1.29 is 10.1 Å². The van der Waals surface area contributed by atoms with Crippen molar-refractivity contribution in [2.24, 2.45) is 5.73 Å². The van der Waals surface area contributed by atoms with Gasteiger partial charge in [-0.05, 0) is 36.2 Å². The van der Waals surface area contributed by atoms with Crippen LogP contribution in [0.15, 0.2) is 54.7 Å². The van der Waals surface area contributed by atoms with Crippen molar-refractivity contribution in [3.8, 4) is 0 Å². The van der Waals surface area contributed by atoms with Gasteiger partial charge in [-0.1, -0.05) is 30.3 Å². The molecular formula is C21H27N4O+. The van der Waals surface area contributed by atoms with Crippen molar-refractivity contribution in [3.63, 3.8) is 0 Å². The standard InChI is InChI=1S/C21H26N4O/c1-14(21(22)26)23-12-18(15-8-10-16(11-9-15)25(2)3)19-13-24-20-7-5-4-6-17(19)20/h4-11,13-14,18,23-24H,12H2,1-3H3,(H2,22,26)/p+1/t14-,18-/m0/s1. The Bertz CT molecular complexity index is 882. The lowest BCUT2D eigenvalue weighted by molar-refractivity contribution is -0.674. The number of anilines is 1. The first-order chi connectivity index (χ1) is 12.5. The van der Waals surface area contributed by atoms with Crippen LogP contribution in [-0.2, 0) is 4.79 Å². The molecule has 0 spiro atoms. The van der Waals surface area contributed by atoms with Crippen LogP contribution >= 0.6 is 0 Å². The fraction of sp³-hybridized carbons (Fsp3) is 0.286. The van der Waals surface area contributed by atoms with Crippen molar-refractivity contribution in [2.75, 3.05) is 25.5 Å². The number of nitrogens with two attached hydrogens (primary N) is 2. The van der Waals surface area contributed by atoms with Gasteiger partial charge in [0.05, 0.1) is 12.5 Å². The Morgan fingerprint density at radius 3 is 2.50 bits per heavy atom. The predicted molar refractivity (Wildman–Crippen MR) is 106 cm³/mol. The summed E-state index contributed by atoms with van der Waals surface area (Å²) in [7, 11) is 4.07. The van der Waals surface area contributed by atoms with Gasteiger partial charge in [0.2, 0.25) is 0 Å². The van der Waals surface area contributed by atoms with E-state index in [1.807, 2.05) is 32.4 Å². The number of para-hydroxylation sites is 1. The van der Waals surface area contributed by atoms with E-state index >= 15 is 0 Å². The molecule has 0 radical (unpaired) electrons.